The lowest BCUT2D eigenvalue weighted by molar-refractivity contribution is 0.226. The molecule has 0 heterocycles. The van der Waals surface area contributed by atoms with Gasteiger partial charge in [0.15, 0.2) is 8.32 Å². The predicted molar refractivity (Wildman–Crippen MR) is 98.8 cm³/mol. The molecule has 0 aromatic carbocycles. The molecule has 0 aromatic heterocycles. The normalized spacial score (nSPS) is 16.4. The Morgan fingerprint density at radius 1 is 1.00 bits per heavy atom. The van der Waals surface area contributed by atoms with Gasteiger partial charge in [-0.1, -0.05) is 70.1 Å². The molecular weight excluding hydrogens is 363 g/mol. The minimum absolute atomic E-state index is 0.335. The standard InChI is InChI=1S/C16H35IOSi/c1-14(11-12-17)9-8-10-15(2)13-18-19(6,7)16(3,4)5/h14-15H,8-13H2,1-7H3/t14-,15+/m1/s1. The van der Waals surface area contributed by atoms with Gasteiger partial charge in [-0.3, -0.25) is 0 Å². The Morgan fingerprint density at radius 3 is 2.00 bits per heavy atom. The third kappa shape index (κ3) is 8.71. The second-order valence-electron chi connectivity index (χ2n) is 7.69. The van der Waals surface area contributed by atoms with Gasteiger partial charge in [0.1, 0.15) is 0 Å². The number of rotatable bonds is 9. The van der Waals surface area contributed by atoms with Gasteiger partial charge in [-0.25, -0.2) is 0 Å². The van der Waals surface area contributed by atoms with Gasteiger partial charge in [-0.15, -0.1) is 0 Å². The van der Waals surface area contributed by atoms with E-state index >= 15 is 0 Å². The first-order valence-corrected chi connectivity index (χ1v) is 12.2. The number of halogens is 1. The van der Waals surface area contributed by atoms with Crippen molar-refractivity contribution in [3.8, 4) is 0 Å². The van der Waals surface area contributed by atoms with E-state index in [0.29, 0.717) is 11.0 Å². The van der Waals surface area contributed by atoms with Crippen molar-refractivity contribution in [2.45, 2.75) is 78.4 Å². The molecular formula is C16H35IOSi. The maximum atomic E-state index is 6.30. The summed E-state index contributed by atoms with van der Waals surface area (Å²) in [6.07, 6.45) is 5.43. The molecule has 116 valence electrons. The van der Waals surface area contributed by atoms with Crippen LogP contribution in [0.2, 0.25) is 18.1 Å². The van der Waals surface area contributed by atoms with Crippen molar-refractivity contribution in [1.29, 1.82) is 0 Å². The van der Waals surface area contributed by atoms with Crippen molar-refractivity contribution in [1.82, 2.24) is 0 Å². The molecule has 0 fully saturated rings. The Kier molecular flexibility index (Phi) is 9.46. The lowest BCUT2D eigenvalue weighted by Crippen LogP contribution is -2.41. The Balaban J connectivity index is 3.85. The van der Waals surface area contributed by atoms with Crippen molar-refractivity contribution in [2.24, 2.45) is 11.8 Å². The average Bonchev–Trinajstić information content (AvgIpc) is 2.25. The van der Waals surface area contributed by atoms with Crippen molar-refractivity contribution < 1.29 is 4.43 Å². The highest BCUT2D eigenvalue weighted by Crippen LogP contribution is 2.36. The lowest BCUT2D eigenvalue weighted by Gasteiger charge is -2.37. The van der Waals surface area contributed by atoms with Gasteiger partial charge in [-0.05, 0) is 47.2 Å². The molecule has 0 saturated heterocycles. The Bertz CT molecular complexity index is 235. The third-order valence-electron chi connectivity index (χ3n) is 4.53. The van der Waals surface area contributed by atoms with E-state index in [0.717, 1.165) is 12.5 Å². The second kappa shape index (κ2) is 9.03. The minimum Gasteiger partial charge on any atom is -0.417 e. The van der Waals surface area contributed by atoms with E-state index in [-0.39, 0.29) is 0 Å². The first kappa shape index (κ1) is 19.9. The van der Waals surface area contributed by atoms with Gasteiger partial charge in [-0.2, -0.15) is 0 Å². The first-order valence-electron chi connectivity index (χ1n) is 7.80. The van der Waals surface area contributed by atoms with E-state index < -0.39 is 8.32 Å². The summed E-state index contributed by atoms with van der Waals surface area (Å²) >= 11 is 2.48. The molecule has 0 aliphatic heterocycles. The van der Waals surface area contributed by atoms with E-state index in [4.69, 9.17) is 4.43 Å². The first-order chi connectivity index (χ1) is 8.60. The SMILES string of the molecule is C[C@@H](CCI)CCC[C@H](C)CO[Si](C)(C)C(C)(C)C. The van der Waals surface area contributed by atoms with Crippen molar-refractivity contribution in [3.63, 3.8) is 0 Å². The van der Waals surface area contributed by atoms with E-state index in [1.54, 1.807) is 0 Å². The summed E-state index contributed by atoms with van der Waals surface area (Å²) < 4.78 is 7.59. The quantitative estimate of drug-likeness (QED) is 0.252. The summed E-state index contributed by atoms with van der Waals surface area (Å²) in [5.74, 6) is 1.60. The van der Waals surface area contributed by atoms with E-state index in [1.165, 1.54) is 30.1 Å². The number of hydrogen-bond donors (Lipinski definition) is 0. The van der Waals surface area contributed by atoms with Gasteiger partial charge in [0, 0.05) is 6.61 Å². The smallest absolute Gasteiger partial charge is 0.191 e. The maximum Gasteiger partial charge on any atom is 0.191 e. The molecule has 3 heteroatoms. The fourth-order valence-electron chi connectivity index (χ4n) is 1.80. The zero-order valence-electron chi connectivity index (χ0n) is 14.2. The van der Waals surface area contributed by atoms with Crippen molar-refractivity contribution in [3.05, 3.63) is 0 Å². The Morgan fingerprint density at radius 2 is 1.53 bits per heavy atom. The van der Waals surface area contributed by atoms with Gasteiger partial charge in [0.05, 0.1) is 0 Å². The molecule has 0 amide bonds. The Hall–Kier alpha value is 0.907. The van der Waals surface area contributed by atoms with Crippen molar-refractivity contribution >= 4 is 30.9 Å². The van der Waals surface area contributed by atoms with Gasteiger partial charge >= 0.3 is 0 Å². The molecule has 0 radical (unpaired) electrons. The second-order valence-corrected chi connectivity index (χ2v) is 13.6. The monoisotopic (exact) mass is 398 g/mol. The zero-order chi connectivity index (χ0) is 15.1. The highest BCUT2D eigenvalue weighted by molar-refractivity contribution is 14.1. The molecule has 0 N–H and O–H groups in total. The number of hydrogen-bond acceptors (Lipinski definition) is 1. The van der Waals surface area contributed by atoms with Crippen LogP contribution in [-0.4, -0.2) is 19.4 Å². The molecule has 0 rings (SSSR count). The fourth-order valence-corrected chi connectivity index (χ4v) is 3.99. The molecule has 1 nitrogen and oxygen atoms in total. The van der Waals surface area contributed by atoms with Crippen LogP contribution in [0.25, 0.3) is 0 Å². The molecule has 0 spiro atoms. The van der Waals surface area contributed by atoms with Gasteiger partial charge in [0.25, 0.3) is 0 Å². The summed E-state index contributed by atoms with van der Waals surface area (Å²) in [6.45, 7) is 17.3. The summed E-state index contributed by atoms with van der Waals surface area (Å²) in [4.78, 5) is 0. The van der Waals surface area contributed by atoms with Crippen LogP contribution in [0.5, 0.6) is 0 Å². The van der Waals surface area contributed by atoms with Crippen LogP contribution in [0.3, 0.4) is 0 Å². The maximum absolute atomic E-state index is 6.30. The third-order valence-corrected chi connectivity index (χ3v) is 9.65. The molecule has 0 aliphatic rings. The highest BCUT2D eigenvalue weighted by atomic mass is 127. The Labute approximate surface area is 136 Å². The lowest BCUT2D eigenvalue weighted by atomic mass is 9.98. The van der Waals surface area contributed by atoms with E-state index in [1.807, 2.05) is 0 Å². The van der Waals surface area contributed by atoms with Gasteiger partial charge in [0.2, 0.25) is 0 Å². The summed E-state index contributed by atoms with van der Waals surface area (Å²) in [5.41, 5.74) is 0. The van der Waals surface area contributed by atoms with Crippen LogP contribution in [0, 0.1) is 11.8 Å². The van der Waals surface area contributed by atoms with Crippen LogP contribution in [0.15, 0.2) is 0 Å². The topological polar surface area (TPSA) is 9.23 Å². The summed E-state index contributed by atoms with van der Waals surface area (Å²) in [6, 6.07) is 0. The van der Waals surface area contributed by atoms with E-state index in [9.17, 15) is 0 Å². The van der Waals surface area contributed by atoms with Crippen LogP contribution in [0.4, 0.5) is 0 Å². The summed E-state index contributed by atoms with van der Waals surface area (Å²) in [7, 11) is -1.54. The molecule has 19 heavy (non-hydrogen) atoms. The largest absolute Gasteiger partial charge is 0.417 e. The number of alkyl halides is 1. The van der Waals surface area contributed by atoms with Crippen molar-refractivity contribution in [2.75, 3.05) is 11.0 Å². The molecule has 0 saturated carbocycles. The average molecular weight is 398 g/mol. The van der Waals surface area contributed by atoms with E-state index in [2.05, 4.69) is 70.3 Å². The molecule has 0 aromatic rings. The predicted octanol–water partition coefficient (Wildman–Crippen LogP) is 6.28. The molecule has 0 bridgehead atoms. The van der Waals surface area contributed by atoms with Crippen LogP contribution < -0.4 is 0 Å². The molecule has 2 atom stereocenters. The molecule has 0 aliphatic carbocycles. The highest BCUT2D eigenvalue weighted by Gasteiger charge is 2.37. The van der Waals surface area contributed by atoms with Crippen LogP contribution in [0.1, 0.15) is 60.3 Å². The van der Waals surface area contributed by atoms with Crippen LogP contribution in [-0.2, 0) is 4.43 Å². The van der Waals surface area contributed by atoms with Gasteiger partial charge < -0.3 is 4.43 Å². The summed E-state index contributed by atoms with van der Waals surface area (Å²) in [5, 5.41) is 0.335. The minimum atomic E-state index is -1.54. The fraction of sp³-hybridized carbons (Fsp3) is 1.00. The molecule has 0 unspecified atom stereocenters. The van der Waals surface area contributed by atoms with Crippen LogP contribution >= 0.6 is 22.6 Å². The zero-order valence-corrected chi connectivity index (χ0v) is 17.3.